The molecule has 0 aliphatic carbocycles. The van der Waals surface area contributed by atoms with Crippen molar-refractivity contribution in [2.45, 2.75) is 13.8 Å². The second kappa shape index (κ2) is 4.42. The van der Waals surface area contributed by atoms with Gasteiger partial charge < -0.3 is 4.74 Å². The summed E-state index contributed by atoms with van der Waals surface area (Å²) in [5, 5.41) is 0.110. The first kappa shape index (κ1) is 11.0. The topological polar surface area (TPSA) is 26.3 Å². The van der Waals surface area contributed by atoms with Crippen molar-refractivity contribution in [3.05, 3.63) is 28.5 Å². The van der Waals surface area contributed by atoms with E-state index in [2.05, 4.69) is 0 Å². The Hall–Kier alpha value is -1.09. The van der Waals surface area contributed by atoms with Crippen LogP contribution in [0.25, 0.3) is 0 Å². The number of ketones is 1. The van der Waals surface area contributed by atoms with Gasteiger partial charge in [0.2, 0.25) is 0 Å². The fourth-order valence-corrected chi connectivity index (χ4v) is 1.35. The predicted molar refractivity (Wildman–Crippen MR) is 52.6 cm³/mol. The van der Waals surface area contributed by atoms with E-state index in [0.717, 1.165) is 6.07 Å². The highest BCUT2D eigenvalue weighted by atomic mass is 35.5. The zero-order valence-corrected chi connectivity index (χ0v) is 8.69. The van der Waals surface area contributed by atoms with E-state index in [0.29, 0.717) is 6.61 Å². The number of benzene rings is 1. The molecule has 1 aromatic carbocycles. The Bertz CT molecular complexity index is 363. The SMILES string of the molecule is CCOc1cc(C(C)=O)c(Cl)cc1F. The standard InChI is InChI=1S/C10H10ClFO2/c1-3-14-10-4-7(6(2)13)8(11)5-9(10)12/h4-5H,3H2,1-2H3. The van der Waals surface area contributed by atoms with Crippen LogP contribution in [0.2, 0.25) is 5.02 Å². The fraction of sp³-hybridized carbons (Fsp3) is 0.300. The number of hydrogen-bond acceptors (Lipinski definition) is 2. The zero-order valence-electron chi connectivity index (χ0n) is 7.93. The minimum absolute atomic E-state index is 0.0575. The molecule has 14 heavy (non-hydrogen) atoms. The molecule has 0 N–H and O–H groups in total. The number of hydrogen-bond donors (Lipinski definition) is 0. The van der Waals surface area contributed by atoms with Gasteiger partial charge in [-0.25, -0.2) is 4.39 Å². The van der Waals surface area contributed by atoms with Crippen molar-refractivity contribution in [3.63, 3.8) is 0 Å². The summed E-state index contributed by atoms with van der Waals surface area (Å²) in [5.41, 5.74) is 0.275. The summed E-state index contributed by atoms with van der Waals surface area (Å²) in [6, 6.07) is 2.41. The van der Waals surface area contributed by atoms with Crippen molar-refractivity contribution in [2.24, 2.45) is 0 Å². The summed E-state index contributed by atoms with van der Waals surface area (Å²) < 4.78 is 18.2. The molecular formula is C10H10ClFO2. The van der Waals surface area contributed by atoms with Gasteiger partial charge in [0.25, 0.3) is 0 Å². The molecule has 0 aliphatic rings. The second-order valence-corrected chi connectivity index (χ2v) is 3.16. The van der Waals surface area contributed by atoms with E-state index >= 15 is 0 Å². The van der Waals surface area contributed by atoms with Gasteiger partial charge in [0.1, 0.15) is 0 Å². The van der Waals surface area contributed by atoms with Crippen LogP contribution in [-0.2, 0) is 0 Å². The second-order valence-electron chi connectivity index (χ2n) is 2.75. The largest absolute Gasteiger partial charge is 0.491 e. The Morgan fingerprint density at radius 3 is 2.71 bits per heavy atom. The zero-order chi connectivity index (χ0) is 10.7. The molecule has 2 nitrogen and oxygen atoms in total. The minimum atomic E-state index is -0.554. The highest BCUT2D eigenvalue weighted by Crippen LogP contribution is 2.26. The van der Waals surface area contributed by atoms with Gasteiger partial charge in [-0.2, -0.15) is 0 Å². The monoisotopic (exact) mass is 216 g/mol. The van der Waals surface area contributed by atoms with Crippen LogP contribution in [0.5, 0.6) is 5.75 Å². The van der Waals surface area contributed by atoms with Crippen LogP contribution in [0.4, 0.5) is 4.39 Å². The van der Waals surface area contributed by atoms with Crippen LogP contribution in [0.3, 0.4) is 0 Å². The normalized spacial score (nSPS) is 10.0. The molecule has 1 rings (SSSR count). The number of rotatable bonds is 3. The number of ether oxygens (including phenoxy) is 1. The van der Waals surface area contributed by atoms with Gasteiger partial charge in [0.05, 0.1) is 11.6 Å². The van der Waals surface area contributed by atoms with Gasteiger partial charge in [-0.15, -0.1) is 0 Å². The van der Waals surface area contributed by atoms with E-state index < -0.39 is 5.82 Å². The van der Waals surface area contributed by atoms with Crippen LogP contribution in [0.1, 0.15) is 24.2 Å². The first-order valence-corrected chi connectivity index (χ1v) is 4.56. The summed E-state index contributed by atoms with van der Waals surface area (Å²) in [6.45, 7) is 3.45. The van der Waals surface area contributed by atoms with E-state index in [1.54, 1.807) is 6.92 Å². The van der Waals surface area contributed by atoms with E-state index in [-0.39, 0.29) is 22.1 Å². The van der Waals surface area contributed by atoms with Crippen molar-refractivity contribution >= 4 is 17.4 Å². The van der Waals surface area contributed by atoms with Crippen LogP contribution >= 0.6 is 11.6 Å². The Morgan fingerprint density at radius 2 is 2.21 bits per heavy atom. The first-order chi connectivity index (χ1) is 6.56. The summed E-state index contributed by atoms with van der Waals surface area (Å²) in [7, 11) is 0. The number of carbonyl (C=O) groups is 1. The van der Waals surface area contributed by atoms with Crippen molar-refractivity contribution in [2.75, 3.05) is 6.61 Å². The number of carbonyl (C=O) groups excluding carboxylic acids is 1. The van der Waals surface area contributed by atoms with Gasteiger partial charge >= 0.3 is 0 Å². The Morgan fingerprint density at radius 1 is 1.57 bits per heavy atom. The number of Topliss-reactive ketones (excluding diaryl/α,β-unsaturated/α-hetero) is 1. The highest BCUT2D eigenvalue weighted by Gasteiger charge is 2.12. The molecule has 1 aromatic rings. The third kappa shape index (κ3) is 2.23. The maximum Gasteiger partial charge on any atom is 0.166 e. The van der Waals surface area contributed by atoms with Crippen LogP contribution in [0.15, 0.2) is 12.1 Å². The molecule has 0 bridgehead atoms. The maximum atomic E-state index is 13.2. The number of halogens is 2. The lowest BCUT2D eigenvalue weighted by molar-refractivity contribution is 0.101. The van der Waals surface area contributed by atoms with Gasteiger partial charge in [-0.1, -0.05) is 11.6 Å². The molecular weight excluding hydrogens is 207 g/mol. The molecule has 0 saturated heterocycles. The maximum absolute atomic E-state index is 13.2. The molecule has 0 aromatic heterocycles. The van der Waals surface area contributed by atoms with Gasteiger partial charge in [-0.3, -0.25) is 4.79 Å². The molecule has 76 valence electrons. The third-order valence-corrected chi connectivity index (χ3v) is 2.01. The van der Waals surface area contributed by atoms with Gasteiger partial charge in [0, 0.05) is 5.56 Å². The Labute approximate surface area is 86.6 Å². The molecule has 0 amide bonds. The van der Waals surface area contributed by atoms with Crippen LogP contribution < -0.4 is 4.74 Å². The summed E-state index contributed by atoms with van der Waals surface area (Å²) in [4.78, 5) is 11.1. The van der Waals surface area contributed by atoms with Gasteiger partial charge in [0.15, 0.2) is 17.3 Å². The van der Waals surface area contributed by atoms with E-state index in [1.807, 2.05) is 0 Å². The van der Waals surface area contributed by atoms with Crippen molar-refractivity contribution in [3.8, 4) is 5.75 Å². The summed E-state index contributed by atoms with van der Waals surface area (Å²) in [6.07, 6.45) is 0. The van der Waals surface area contributed by atoms with E-state index in [4.69, 9.17) is 16.3 Å². The predicted octanol–water partition coefficient (Wildman–Crippen LogP) is 3.08. The minimum Gasteiger partial charge on any atom is -0.491 e. The van der Waals surface area contributed by atoms with Crippen molar-refractivity contribution < 1.29 is 13.9 Å². The molecule has 0 unspecified atom stereocenters. The van der Waals surface area contributed by atoms with E-state index in [9.17, 15) is 9.18 Å². The molecule has 0 radical (unpaired) electrons. The summed E-state index contributed by atoms with van der Waals surface area (Å²) >= 11 is 5.68. The van der Waals surface area contributed by atoms with Crippen molar-refractivity contribution in [1.82, 2.24) is 0 Å². The third-order valence-electron chi connectivity index (χ3n) is 1.70. The lowest BCUT2D eigenvalue weighted by Crippen LogP contribution is -1.99. The molecule has 0 fully saturated rings. The molecule has 0 heterocycles. The Balaban J connectivity index is 3.20. The first-order valence-electron chi connectivity index (χ1n) is 4.19. The lowest BCUT2D eigenvalue weighted by Gasteiger charge is -2.07. The van der Waals surface area contributed by atoms with Crippen LogP contribution in [0, 0.1) is 5.82 Å². The van der Waals surface area contributed by atoms with Gasteiger partial charge in [-0.05, 0) is 26.0 Å². The quantitative estimate of drug-likeness (QED) is 0.726. The lowest BCUT2D eigenvalue weighted by atomic mass is 10.1. The van der Waals surface area contributed by atoms with E-state index in [1.165, 1.54) is 13.0 Å². The molecule has 4 heteroatoms. The summed E-state index contributed by atoms with van der Waals surface area (Å²) in [5.74, 6) is -0.708. The molecule has 0 aliphatic heterocycles. The Kier molecular flexibility index (Phi) is 3.47. The van der Waals surface area contributed by atoms with Crippen LogP contribution in [-0.4, -0.2) is 12.4 Å². The average Bonchev–Trinajstić information content (AvgIpc) is 2.09. The molecule has 0 saturated carbocycles. The van der Waals surface area contributed by atoms with Crippen molar-refractivity contribution in [1.29, 1.82) is 0 Å². The average molecular weight is 217 g/mol. The smallest absolute Gasteiger partial charge is 0.166 e. The highest BCUT2D eigenvalue weighted by molar-refractivity contribution is 6.33. The fourth-order valence-electron chi connectivity index (χ4n) is 1.07. The molecule has 0 spiro atoms. The molecule has 0 atom stereocenters.